The summed E-state index contributed by atoms with van der Waals surface area (Å²) in [6.07, 6.45) is -0.723. The summed E-state index contributed by atoms with van der Waals surface area (Å²) in [5.41, 5.74) is 0.309. The molecule has 0 spiro atoms. The fraction of sp³-hybridized carbons (Fsp3) is 0.294. The minimum absolute atomic E-state index is 0.00346. The number of benzene rings is 2. The summed E-state index contributed by atoms with van der Waals surface area (Å²) in [5, 5.41) is 24.5. The second-order valence-electron chi connectivity index (χ2n) is 5.95. The molecular weight excluding hydrogens is 342 g/mol. The van der Waals surface area contributed by atoms with Crippen LogP contribution in [-0.2, 0) is 9.53 Å². The number of hydrogen-bond donors (Lipinski definition) is 2. The van der Waals surface area contributed by atoms with E-state index in [1.165, 1.54) is 24.1 Å². The Bertz CT molecular complexity index is 884. The van der Waals surface area contributed by atoms with Crippen molar-refractivity contribution in [2.24, 2.45) is 0 Å². The third kappa shape index (κ3) is 3.16. The molecule has 2 amide bonds. The number of esters is 1. The highest BCUT2D eigenvalue weighted by Gasteiger charge is 2.39. The molecule has 0 aliphatic carbocycles. The number of methoxy groups -OCH3 is 1. The zero-order chi connectivity index (χ0) is 18.8. The van der Waals surface area contributed by atoms with Crippen LogP contribution in [0.25, 0.3) is 10.8 Å². The third-order valence-corrected chi connectivity index (χ3v) is 4.35. The van der Waals surface area contributed by atoms with Crippen LogP contribution < -0.4 is 5.32 Å². The Morgan fingerprint density at radius 1 is 1.27 bits per heavy atom. The van der Waals surface area contributed by atoms with Crippen molar-refractivity contribution in [1.29, 1.82) is 0 Å². The largest absolute Gasteiger partial charge is 0.467 e. The van der Waals surface area contributed by atoms with Crippen LogP contribution in [0, 0.1) is 10.1 Å². The van der Waals surface area contributed by atoms with Gasteiger partial charge in [0.1, 0.15) is 6.04 Å². The van der Waals surface area contributed by atoms with Crippen molar-refractivity contribution in [1.82, 2.24) is 4.90 Å². The molecule has 1 saturated heterocycles. The van der Waals surface area contributed by atoms with Crippen LogP contribution in [0.3, 0.4) is 0 Å². The van der Waals surface area contributed by atoms with Gasteiger partial charge in [0.05, 0.1) is 29.2 Å². The van der Waals surface area contributed by atoms with Crippen LogP contribution in [0.4, 0.5) is 16.2 Å². The molecule has 9 heteroatoms. The summed E-state index contributed by atoms with van der Waals surface area (Å²) in [6, 6.07) is 7.93. The number of amides is 2. The van der Waals surface area contributed by atoms with Gasteiger partial charge in [0.25, 0.3) is 5.69 Å². The molecule has 1 heterocycles. The number of nitrogens with zero attached hydrogens (tertiary/aromatic N) is 2. The second kappa shape index (κ2) is 6.96. The quantitative estimate of drug-likeness (QED) is 0.490. The number of carbonyl (C=O) groups excluding carboxylic acids is 2. The molecule has 9 nitrogen and oxygen atoms in total. The predicted molar refractivity (Wildman–Crippen MR) is 92.8 cm³/mol. The van der Waals surface area contributed by atoms with Crippen LogP contribution in [0.2, 0.25) is 0 Å². The van der Waals surface area contributed by atoms with Crippen molar-refractivity contribution in [2.45, 2.75) is 18.6 Å². The molecule has 0 unspecified atom stereocenters. The van der Waals surface area contributed by atoms with Gasteiger partial charge in [0.15, 0.2) is 0 Å². The first-order chi connectivity index (χ1) is 12.4. The molecule has 1 fully saturated rings. The molecule has 2 aromatic carbocycles. The molecule has 2 N–H and O–H groups in total. The molecular formula is C17H17N3O6. The Morgan fingerprint density at radius 2 is 1.96 bits per heavy atom. The summed E-state index contributed by atoms with van der Waals surface area (Å²) in [7, 11) is 1.22. The summed E-state index contributed by atoms with van der Waals surface area (Å²) in [6.45, 7) is -0.00346. The molecule has 0 bridgehead atoms. The van der Waals surface area contributed by atoms with Crippen LogP contribution in [0.15, 0.2) is 36.4 Å². The first kappa shape index (κ1) is 17.6. The molecule has 26 heavy (non-hydrogen) atoms. The molecule has 0 radical (unpaired) electrons. The number of aliphatic hydroxyl groups excluding tert-OH is 1. The Labute approximate surface area is 148 Å². The molecule has 2 atom stereocenters. The lowest BCUT2D eigenvalue weighted by molar-refractivity contribution is -0.383. The smallest absolute Gasteiger partial charge is 0.328 e. The van der Waals surface area contributed by atoms with Gasteiger partial charge in [-0.15, -0.1) is 0 Å². The van der Waals surface area contributed by atoms with Crippen molar-refractivity contribution < 1.29 is 24.4 Å². The van der Waals surface area contributed by atoms with Crippen molar-refractivity contribution in [3.8, 4) is 0 Å². The lowest BCUT2D eigenvalue weighted by Crippen LogP contribution is -2.43. The molecule has 2 aromatic rings. The van der Waals surface area contributed by atoms with E-state index in [9.17, 15) is 24.8 Å². The SMILES string of the molecule is COC(=O)[C@@H]1C[C@@H](O)CN1C(=O)Nc1ccc([N+](=O)[O-])c2ccccc12. The Balaban J connectivity index is 1.91. The molecule has 3 rings (SSSR count). The number of β-amino-alcohol motifs (C(OH)–C–C–N with tert-alkyl or cyclic N) is 1. The highest BCUT2D eigenvalue weighted by molar-refractivity contribution is 6.05. The van der Waals surface area contributed by atoms with E-state index in [1.54, 1.807) is 24.3 Å². The van der Waals surface area contributed by atoms with Gasteiger partial charge in [-0.1, -0.05) is 18.2 Å². The summed E-state index contributed by atoms with van der Waals surface area (Å²) in [5.74, 6) is -0.606. The lowest BCUT2D eigenvalue weighted by atomic mass is 10.1. The van der Waals surface area contributed by atoms with E-state index >= 15 is 0 Å². The van der Waals surface area contributed by atoms with Crippen LogP contribution >= 0.6 is 0 Å². The zero-order valence-electron chi connectivity index (χ0n) is 13.9. The summed E-state index contributed by atoms with van der Waals surface area (Å²) in [4.78, 5) is 36.3. The van der Waals surface area contributed by atoms with Crippen molar-refractivity contribution in [3.05, 3.63) is 46.5 Å². The maximum atomic E-state index is 12.6. The number of urea groups is 1. The third-order valence-electron chi connectivity index (χ3n) is 4.35. The van der Waals surface area contributed by atoms with Gasteiger partial charge in [0, 0.05) is 24.4 Å². The standard InChI is InChI=1S/C17H17N3O6/c1-26-16(22)15-8-10(21)9-19(15)17(23)18-13-6-7-14(20(24)25)12-5-3-2-4-11(12)13/h2-7,10,15,21H,8-9H2,1H3,(H,18,23)/t10-,15+/m1/s1. The lowest BCUT2D eigenvalue weighted by Gasteiger charge is -2.23. The minimum atomic E-state index is -0.876. The van der Waals surface area contributed by atoms with Gasteiger partial charge >= 0.3 is 12.0 Å². The number of nitro benzene ring substituents is 1. The van der Waals surface area contributed by atoms with Gasteiger partial charge in [-0.3, -0.25) is 10.1 Å². The van der Waals surface area contributed by atoms with Gasteiger partial charge < -0.3 is 20.1 Å². The Morgan fingerprint density at radius 3 is 2.62 bits per heavy atom. The molecule has 1 aliphatic heterocycles. The van der Waals surface area contributed by atoms with E-state index < -0.39 is 29.1 Å². The number of likely N-dealkylation sites (tertiary alicyclic amines) is 1. The van der Waals surface area contributed by atoms with Crippen LogP contribution in [0.1, 0.15) is 6.42 Å². The van der Waals surface area contributed by atoms with E-state index in [1.807, 2.05) is 0 Å². The average Bonchev–Trinajstić information content (AvgIpc) is 3.03. The number of carbonyl (C=O) groups is 2. The highest BCUT2D eigenvalue weighted by Crippen LogP contribution is 2.32. The van der Waals surface area contributed by atoms with Crippen molar-refractivity contribution >= 4 is 34.1 Å². The number of anilines is 1. The van der Waals surface area contributed by atoms with Crippen LogP contribution in [-0.4, -0.2) is 52.7 Å². The molecule has 1 aliphatic rings. The van der Waals surface area contributed by atoms with E-state index in [0.717, 1.165) is 0 Å². The number of nitro groups is 1. The number of aliphatic hydroxyl groups is 1. The summed E-state index contributed by atoms with van der Waals surface area (Å²) < 4.78 is 4.68. The number of ether oxygens (including phenoxy) is 1. The minimum Gasteiger partial charge on any atom is -0.467 e. The maximum Gasteiger partial charge on any atom is 0.328 e. The average molecular weight is 359 g/mol. The first-order valence-electron chi connectivity index (χ1n) is 7.92. The Hall–Kier alpha value is -3.20. The van der Waals surface area contributed by atoms with Gasteiger partial charge in [-0.25, -0.2) is 9.59 Å². The zero-order valence-corrected chi connectivity index (χ0v) is 13.9. The van der Waals surface area contributed by atoms with Crippen molar-refractivity contribution in [2.75, 3.05) is 19.0 Å². The van der Waals surface area contributed by atoms with Gasteiger partial charge in [-0.05, 0) is 12.1 Å². The monoisotopic (exact) mass is 359 g/mol. The van der Waals surface area contributed by atoms with E-state index in [4.69, 9.17) is 0 Å². The predicted octanol–water partition coefficient (Wildman–Crippen LogP) is 1.89. The fourth-order valence-corrected chi connectivity index (χ4v) is 3.14. The van der Waals surface area contributed by atoms with Crippen molar-refractivity contribution in [3.63, 3.8) is 0 Å². The second-order valence-corrected chi connectivity index (χ2v) is 5.95. The number of fused-ring (bicyclic) bond motifs is 1. The van der Waals surface area contributed by atoms with Gasteiger partial charge in [-0.2, -0.15) is 0 Å². The number of nitrogens with one attached hydrogen (secondary N) is 1. The fourth-order valence-electron chi connectivity index (χ4n) is 3.14. The normalized spacial score (nSPS) is 19.4. The summed E-state index contributed by atoms with van der Waals surface area (Å²) >= 11 is 0. The first-order valence-corrected chi connectivity index (χ1v) is 7.92. The molecule has 136 valence electrons. The topological polar surface area (TPSA) is 122 Å². The van der Waals surface area contributed by atoms with E-state index in [-0.39, 0.29) is 18.7 Å². The molecule has 0 aromatic heterocycles. The Kier molecular flexibility index (Phi) is 4.72. The maximum absolute atomic E-state index is 12.6. The van der Waals surface area contributed by atoms with E-state index in [2.05, 4.69) is 10.1 Å². The molecule has 0 saturated carbocycles. The van der Waals surface area contributed by atoms with E-state index in [0.29, 0.717) is 16.5 Å². The van der Waals surface area contributed by atoms with Crippen LogP contribution in [0.5, 0.6) is 0 Å². The number of rotatable bonds is 3. The highest BCUT2D eigenvalue weighted by atomic mass is 16.6. The number of non-ortho nitro benzene ring substituents is 1. The van der Waals surface area contributed by atoms with Gasteiger partial charge in [0.2, 0.25) is 0 Å². The number of hydrogen-bond acceptors (Lipinski definition) is 6.